The Balaban J connectivity index is 0. The average Bonchev–Trinajstić information content (AvgIpc) is 2.47. The lowest BCUT2D eigenvalue weighted by Crippen LogP contribution is -2.30. The van der Waals surface area contributed by atoms with Crippen molar-refractivity contribution in [2.75, 3.05) is 13.1 Å². The van der Waals surface area contributed by atoms with Crippen LogP contribution < -0.4 is 34.4 Å². The number of carboxylic acid groups (broad SMARTS) is 2. The molecular formula is C12H28N8O4. The first kappa shape index (κ1) is 23.7. The number of carboxylic acids is 2. The summed E-state index contributed by atoms with van der Waals surface area (Å²) in [5, 5.41) is 16.8. The maximum atomic E-state index is 10.2. The van der Waals surface area contributed by atoms with Crippen LogP contribution in [0.15, 0.2) is 9.98 Å². The molecule has 140 valence electrons. The molecule has 14 N–H and O–H groups in total. The van der Waals surface area contributed by atoms with Gasteiger partial charge in [-0.25, -0.2) is 0 Å². The molecule has 12 heteroatoms. The number of nitrogens with zero attached hydrogens (tertiary/aromatic N) is 2. The van der Waals surface area contributed by atoms with Crippen LogP contribution in [0.25, 0.3) is 0 Å². The molecule has 12 nitrogen and oxygen atoms in total. The summed E-state index contributed by atoms with van der Waals surface area (Å²) in [4.78, 5) is 27.8. The Bertz CT molecular complexity index is 393. The Morgan fingerprint density at radius 3 is 1.25 bits per heavy atom. The molecule has 0 radical (unpaired) electrons. The normalized spacial score (nSPS) is 12.1. The first-order valence-corrected chi connectivity index (χ1v) is 7.15. The van der Waals surface area contributed by atoms with E-state index in [4.69, 9.17) is 44.6 Å². The second kappa shape index (κ2) is 14.0. The lowest BCUT2D eigenvalue weighted by Gasteiger charge is -2.03. The number of hydrogen-bond donors (Lipinski definition) is 8. The molecule has 0 saturated heterocycles. The molecule has 0 heterocycles. The number of aliphatic carboxylic acids is 2. The summed E-state index contributed by atoms with van der Waals surface area (Å²) >= 11 is 0. The Kier molecular flexibility index (Phi) is 13.8. The van der Waals surface area contributed by atoms with Gasteiger partial charge in [0.1, 0.15) is 12.1 Å². The minimum absolute atomic E-state index is 0.0129. The van der Waals surface area contributed by atoms with Gasteiger partial charge in [0.2, 0.25) is 0 Å². The van der Waals surface area contributed by atoms with Crippen molar-refractivity contribution in [2.24, 2.45) is 44.4 Å². The second-order valence-electron chi connectivity index (χ2n) is 4.79. The van der Waals surface area contributed by atoms with Gasteiger partial charge in [-0.05, 0) is 25.7 Å². The number of hydrogen-bond acceptors (Lipinski definition) is 6. The number of rotatable bonds is 10. The Morgan fingerprint density at radius 1 is 0.750 bits per heavy atom. The molecule has 2 atom stereocenters. The van der Waals surface area contributed by atoms with E-state index in [9.17, 15) is 9.59 Å². The summed E-state index contributed by atoms with van der Waals surface area (Å²) in [7, 11) is 0. The molecule has 0 saturated carbocycles. The van der Waals surface area contributed by atoms with Crippen LogP contribution in [0.1, 0.15) is 25.7 Å². The van der Waals surface area contributed by atoms with Crippen molar-refractivity contribution < 1.29 is 19.8 Å². The quantitative estimate of drug-likeness (QED) is 0.112. The number of carbonyl (C=O) groups is 2. The molecule has 0 aromatic rings. The van der Waals surface area contributed by atoms with Crippen molar-refractivity contribution in [1.82, 2.24) is 0 Å². The number of aliphatic imine (C=N–C) groups is 2. The highest BCUT2D eigenvalue weighted by atomic mass is 16.4. The van der Waals surface area contributed by atoms with Gasteiger partial charge in [0, 0.05) is 13.1 Å². The van der Waals surface area contributed by atoms with Crippen molar-refractivity contribution in [1.29, 1.82) is 0 Å². The van der Waals surface area contributed by atoms with Crippen LogP contribution in [-0.4, -0.2) is 59.2 Å². The zero-order valence-corrected chi connectivity index (χ0v) is 13.5. The summed E-state index contributed by atoms with van der Waals surface area (Å²) in [6, 6.07) is -1.64. The topological polar surface area (TPSA) is 255 Å². The molecule has 24 heavy (non-hydrogen) atoms. The van der Waals surface area contributed by atoms with Crippen molar-refractivity contribution in [3.63, 3.8) is 0 Å². The van der Waals surface area contributed by atoms with Gasteiger partial charge in [0.25, 0.3) is 0 Å². The van der Waals surface area contributed by atoms with E-state index in [0.29, 0.717) is 38.8 Å². The Hall–Kier alpha value is -2.60. The zero-order chi connectivity index (χ0) is 19.1. The summed E-state index contributed by atoms with van der Waals surface area (Å²) in [6.45, 7) is 0.840. The van der Waals surface area contributed by atoms with Crippen LogP contribution >= 0.6 is 0 Å². The van der Waals surface area contributed by atoms with Crippen molar-refractivity contribution in [2.45, 2.75) is 37.8 Å². The molecule has 0 aliphatic carbocycles. The molecule has 0 rings (SSSR count). The first-order valence-electron chi connectivity index (χ1n) is 7.15. The molecule has 0 fully saturated rings. The lowest BCUT2D eigenvalue weighted by molar-refractivity contribution is -0.139. The molecule has 0 spiro atoms. The fourth-order valence-electron chi connectivity index (χ4n) is 1.29. The first-order chi connectivity index (χ1) is 11.1. The molecule has 0 aliphatic rings. The van der Waals surface area contributed by atoms with E-state index in [2.05, 4.69) is 9.98 Å². The van der Waals surface area contributed by atoms with Gasteiger partial charge < -0.3 is 44.6 Å². The third-order valence-corrected chi connectivity index (χ3v) is 2.57. The van der Waals surface area contributed by atoms with Crippen LogP contribution in [-0.2, 0) is 9.59 Å². The number of guanidine groups is 2. The van der Waals surface area contributed by atoms with Crippen LogP contribution in [0.3, 0.4) is 0 Å². The molecule has 0 aliphatic heterocycles. The van der Waals surface area contributed by atoms with Gasteiger partial charge in [-0.2, -0.15) is 0 Å². The minimum atomic E-state index is -1.00. The van der Waals surface area contributed by atoms with E-state index >= 15 is 0 Å². The third-order valence-electron chi connectivity index (χ3n) is 2.57. The average molecular weight is 348 g/mol. The fourth-order valence-corrected chi connectivity index (χ4v) is 1.29. The van der Waals surface area contributed by atoms with E-state index in [0.717, 1.165) is 0 Å². The van der Waals surface area contributed by atoms with Crippen LogP contribution in [0.4, 0.5) is 0 Å². The van der Waals surface area contributed by atoms with Gasteiger partial charge in [-0.3, -0.25) is 19.6 Å². The highest BCUT2D eigenvalue weighted by Crippen LogP contribution is 1.95. The molecule has 0 aromatic carbocycles. The van der Waals surface area contributed by atoms with Crippen LogP contribution in [0, 0.1) is 0 Å². The van der Waals surface area contributed by atoms with E-state index in [1.54, 1.807) is 0 Å². The van der Waals surface area contributed by atoms with Crippen LogP contribution in [0.2, 0.25) is 0 Å². The third kappa shape index (κ3) is 17.5. The van der Waals surface area contributed by atoms with E-state index in [-0.39, 0.29) is 11.9 Å². The summed E-state index contributed by atoms with van der Waals surface area (Å²) in [6.07, 6.45) is 1.91. The van der Waals surface area contributed by atoms with E-state index in [1.165, 1.54) is 0 Å². The van der Waals surface area contributed by atoms with E-state index in [1.807, 2.05) is 0 Å². The summed E-state index contributed by atoms with van der Waals surface area (Å²) in [5.41, 5.74) is 30.6. The predicted molar refractivity (Wildman–Crippen MR) is 91.0 cm³/mol. The summed E-state index contributed by atoms with van der Waals surface area (Å²) < 4.78 is 0. The number of nitrogens with two attached hydrogens (primary N) is 6. The monoisotopic (exact) mass is 348 g/mol. The van der Waals surface area contributed by atoms with Gasteiger partial charge in [0.05, 0.1) is 0 Å². The fraction of sp³-hybridized carbons (Fsp3) is 0.667. The maximum absolute atomic E-state index is 10.2. The van der Waals surface area contributed by atoms with Crippen molar-refractivity contribution in [3.05, 3.63) is 0 Å². The standard InChI is InChI=1S/2C6H14N4O2/c2*7-4(5(11)12)2-1-3-10-6(8)9/h2*4H,1-3,7H2,(H,11,12)(H4,8,9,10)/t2*4-/m10/s1. The van der Waals surface area contributed by atoms with Gasteiger partial charge >= 0.3 is 11.9 Å². The predicted octanol–water partition coefficient (Wildman–Crippen LogP) is -3.10. The van der Waals surface area contributed by atoms with Gasteiger partial charge in [-0.1, -0.05) is 0 Å². The van der Waals surface area contributed by atoms with Gasteiger partial charge in [0.15, 0.2) is 11.9 Å². The molecule has 0 aromatic heterocycles. The highest BCUT2D eigenvalue weighted by Gasteiger charge is 2.10. The zero-order valence-electron chi connectivity index (χ0n) is 13.5. The Labute approximate surface area is 140 Å². The minimum Gasteiger partial charge on any atom is -0.480 e. The van der Waals surface area contributed by atoms with Crippen molar-refractivity contribution >= 4 is 23.9 Å². The second-order valence-corrected chi connectivity index (χ2v) is 4.79. The molecule has 0 amide bonds. The molecule has 0 unspecified atom stereocenters. The Morgan fingerprint density at radius 2 is 1.04 bits per heavy atom. The maximum Gasteiger partial charge on any atom is 0.320 e. The summed E-state index contributed by atoms with van der Waals surface area (Å²) in [5.74, 6) is -1.97. The molecular weight excluding hydrogens is 320 g/mol. The molecule has 0 bridgehead atoms. The largest absolute Gasteiger partial charge is 0.480 e. The lowest BCUT2D eigenvalue weighted by atomic mass is 10.2. The van der Waals surface area contributed by atoms with Crippen LogP contribution in [0.5, 0.6) is 0 Å². The highest BCUT2D eigenvalue weighted by molar-refractivity contribution is 5.76. The van der Waals surface area contributed by atoms with E-state index < -0.39 is 24.0 Å². The van der Waals surface area contributed by atoms with Crippen molar-refractivity contribution in [3.8, 4) is 0 Å². The SMILES string of the molecule is NC(N)=NCCC[C@@H](N)C(=O)O.NC(N)=NCCC[C@H](N)C(=O)O. The smallest absolute Gasteiger partial charge is 0.320 e. The van der Waals surface area contributed by atoms with Gasteiger partial charge in [-0.15, -0.1) is 0 Å².